The highest BCUT2D eigenvalue weighted by atomic mass is 16.5. The molecule has 8 heteroatoms. The molecule has 0 fully saturated rings. The van der Waals surface area contributed by atoms with Crippen LogP contribution in [0.3, 0.4) is 0 Å². The Balaban J connectivity index is 1.67. The second-order valence-corrected chi connectivity index (χ2v) is 9.13. The van der Waals surface area contributed by atoms with Crippen molar-refractivity contribution in [3.63, 3.8) is 0 Å². The summed E-state index contributed by atoms with van der Waals surface area (Å²) in [4.78, 5) is 37.1. The lowest BCUT2D eigenvalue weighted by molar-refractivity contribution is -0.138. The summed E-state index contributed by atoms with van der Waals surface area (Å²) in [5, 5.41) is 14.6. The largest absolute Gasteiger partial charge is 0.481 e. The van der Waals surface area contributed by atoms with Gasteiger partial charge < -0.3 is 25.2 Å². The monoisotopic (exact) mass is 482 g/mol. The fraction of sp³-hybridized carbons (Fsp3) is 0.444. The van der Waals surface area contributed by atoms with Crippen LogP contribution in [0.1, 0.15) is 56.6 Å². The van der Waals surface area contributed by atoms with Gasteiger partial charge in [0.1, 0.15) is 12.1 Å². The second kappa shape index (κ2) is 11.8. The number of benzene rings is 2. The van der Waals surface area contributed by atoms with E-state index < -0.39 is 29.6 Å². The SMILES string of the molecule is CCCC[C@@H](CC(=O)O)NC(=O)C(C)(COC)NC(=O)OCC1c2ccccc2-c2ccccc21. The number of carboxylic acids is 1. The molecule has 0 radical (unpaired) electrons. The molecule has 2 atom stereocenters. The minimum Gasteiger partial charge on any atom is -0.481 e. The summed E-state index contributed by atoms with van der Waals surface area (Å²) >= 11 is 0. The van der Waals surface area contributed by atoms with Crippen LogP contribution in [0.5, 0.6) is 0 Å². The Morgan fingerprint density at radius 2 is 1.66 bits per heavy atom. The van der Waals surface area contributed by atoms with E-state index in [4.69, 9.17) is 9.47 Å². The third-order valence-electron chi connectivity index (χ3n) is 6.32. The van der Waals surface area contributed by atoms with Gasteiger partial charge in [0.2, 0.25) is 5.91 Å². The van der Waals surface area contributed by atoms with Crippen LogP contribution in [0.25, 0.3) is 11.1 Å². The first kappa shape index (κ1) is 26.2. The van der Waals surface area contributed by atoms with Gasteiger partial charge in [0.25, 0.3) is 0 Å². The van der Waals surface area contributed by atoms with Crippen molar-refractivity contribution >= 4 is 18.0 Å². The number of nitrogens with one attached hydrogen (secondary N) is 2. The second-order valence-electron chi connectivity index (χ2n) is 9.13. The molecule has 1 unspecified atom stereocenters. The van der Waals surface area contributed by atoms with Crippen LogP contribution >= 0.6 is 0 Å². The lowest BCUT2D eigenvalue weighted by Crippen LogP contribution is -2.61. The van der Waals surface area contributed by atoms with Gasteiger partial charge in [0.05, 0.1) is 13.0 Å². The number of hydrogen-bond donors (Lipinski definition) is 3. The number of carbonyl (C=O) groups excluding carboxylic acids is 2. The van der Waals surface area contributed by atoms with Crippen molar-refractivity contribution in [1.82, 2.24) is 10.6 Å². The summed E-state index contributed by atoms with van der Waals surface area (Å²) in [6.45, 7) is 3.54. The maximum atomic E-state index is 13.1. The molecule has 8 nitrogen and oxygen atoms in total. The smallest absolute Gasteiger partial charge is 0.408 e. The van der Waals surface area contributed by atoms with E-state index in [1.807, 2.05) is 43.3 Å². The normalized spacial score (nSPS) is 14.8. The molecule has 2 aromatic carbocycles. The fourth-order valence-electron chi connectivity index (χ4n) is 4.54. The van der Waals surface area contributed by atoms with E-state index in [-0.39, 0.29) is 25.6 Å². The van der Waals surface area contributed by atoms with E-state index in [1.165, 1.54) is 14.0 Å². The first-order valence-electron chi connectivity index (χ1n) is 11.9. The van der Waals surface area contributed by atoms with E-state index >= 15 is 0 Å². The van der Waals surface area contributed by atoms with Gasteiger partial charge in [0, 0.05) is 19.1 Å². The maximum absolute atomic E-state index is 13.1. The summed E-state index contributed by atoms with van der Waals surface area (Å²) < 4.78 is 10.8. The summed E-state index contributed by atoms with van der Waals surface area (Å²) in [6.07, 6.45) is 1.24. The topological polar surface area (TPSA) is 114 Å². The van der Waals surface area contributed by atoms with Gasteiger partial charge in [-0.25, -0.2) is 4.79 Å². The predicted octanol–water partition coefficient (Wildman–Crippen LogP) is 4.08. The quantitative estimate of drug-likeness (QED) is 0.420. The van der Waals surface area contributed by atoms with Gasteiger partial charge >= 0.3 is 12.1 Å². The Bertz CT molecular complexity index is 1010. The molecule has 188 valence electrons. The third-order valence-corrected chi connectivity index (χ3v) is 6.32. The molecule has 0 saturated carbocycles. The number of amides is 2. The summed E-state index contributed by atoms with van der Waals surface area (Å²) in [5.41, 5.74) is 2.99. The Kier molecular flexibility index (Phi) is 8.87. The zero-order chi connectivity index (χ0) is 25.4. The van der Waals surface area contributed by atoms with Crippen LogP contribution in [0.2, 0.25) is 0 Å². The summed E-state index contributed by atoms with van der Waals surface area (Å²) in [5.74, 6) is -1.62. The Hall–Kier alpha value is -3.39. The van der Waals surface area contributed by atoms with Crippen LogP contribution in [-0.4, -0.2) is 55.0 Å². The lowest BCUT2D eigenvalue weighted by Gasteiger charge is -2.30. The molecule has 1 aliphatic carbocycles. The van der Waals surface area contributed by atoms with Crippen molar-refractivity contribution in [2.75, 3.05) is 20.3 Å². The number of carbonyl (C=O) groups is 3. The number of carboxylic acid groups (broad SMARTS) is 1. The number of unbranched alkanes of at least 4 members (excludes halogenated alkanes) is 1. The molecular weight excluding hydrogens is 448 g/mol. The van der Waals surface area contributed by atoms with Crippen LogP contribution in [0.4, 0.5) is 4.79 Å². The highest BCUT2D eigenvalue weighted by Gasteiger charge is 2.37. The summed E-state index contributed by atoms with van der Waals surface area (Å²) in [6, 6.07) is 15.5. The van der Waals surface area contributed by atoms with Crippen molar-refractivity contribution in [3.05, 3.63) is 59.7 Å². The average Bonchev–Trinajstić information content (AvgIpc) is 3.14. The molecule has 1 aliphatic rings. The van der Waals surface area contributed by atoms with E-state index in [9.17, 15) is 19.5 Å². The number of fused-ring (bicyclic) bond motifs is 3. The number of aliphatic carboxylic acids is 1. The Labute approximate surface area is 206 Å². The number of alkyl carbamates (subject to hydrolysis) is 1. The standard InChI is InChI=1S/C27H34N2O6/c1-4-5-10-18(15-24(30)31)28-25(32)27(2,17-34-3)29-26(33)35-16-23-21-13-8-6-11-19(21)20-12-7-9-14-22(20)23/h6-9,11-14,18,23H,4-5,10,15-17H2,1-3H3,(H,28,32)(H,29,33)(H,30,31)/t18-,27?/m0/s1. The molecule has 0 bridgehead atoms. The third kappa shape index (κ3) is 6.39. The zero-order valence-corrected chi connectivity index (χ0v) is 20.5. The van der Waals surface area contributed by atoms with Gasteiger partial charge in [-0.05, 0) is 35.6 Å². The van der Waals surface area contributed by atoms with Crippen molar-refractivity contribution in [3.8, 4) is 11.1 Å². The predicted molar refractivity (Wildman–Crippen MR) is 132 cm³/mol. The van der Waals surface area contributed by atoms with E-state index in [1.54, 1.807) is 0 Å². The van der Waals surface area contributed by atoms with E-state index in [2.05, 4.69) is 22.8 Å². The molecule has 0 aromatic heterocycles. The molecular formula is C27H34N2O6. The van der Waals surface area contributed by atoms with E-state index in [0.717, 1.165) is 35.1 Å². The molecule has 0 spiro atoms. The summed E-state index contributed by atoms with van der Waals surface area (Å²) in [7, 11) is 1.43. The molecule has 0 heterocycles. The first-order chi connectivity index (χ1) is 16.8. The molecule has 3 rings (SSSR count). The Morgan fingerprint density at radius 1 is 1.06 bits per heavy atom. The molecule has 2 aromatic rings. The lowest BCUT2D eigenvalue weighted by atomic mass is 9.98. The highest BCUT2D eigenvalue weighted by Crippen LogP contribution is 2.44. The maximum Gasteiger partial charge on any atom is 0.408 e. The van der Waals surface area contributed by atoms with Crippen molar-refractivity contribution in [1.29, 1.82) is 0 Å². The van der Waals surface area contributed by atoms with Gasteiger partial charge in [-0.15, -0.1) is 0 Å². The van der Waals surface area contributed by atoms with Gasteiger partial charge in [-0.2, -0.15) is 0 Å². The van der Waals surface area contributed by atoms with Gasteiger partial charge in [0.15, 0.2) is 0 Å². The van der Waals surface area contributed by atoms with Gasteiger partial charge in [-0.1, -0.05) is 68.3 Å². The minimum atomic E-state index is -1.43. The zero-order valence-electron chi connectivity index (χ0n) is 20.5. The van der Waals surface area contributed by atoms with Crippen LogP contribution < -0.4 is 10.6 Å². The van der Waals surface area contributed by atoms with Crippen molar-refractivity contribution < 1.29 is 29.0 Å². The number of methoxy groups -OCH3 is 1. The fourth-order valence-corrected chi connectivity index (χ4v) is 4.54. The molecule has 0 saturated heterocycles. The van der Waals surface area contributed by atoms with Crippen LogP contribution in [0.15, 0.2) is 48.5 Å². The molecule has 35 heavy (non-hydrogen) atoms. The van der Waals surface area contributed by atoms with Crippen LogP contribution in [-0.2, 0) is 19.1 Å². The van der Waals surface area contributed by atoms with Crippen LogP contribution in [0, 0.1) is 0 Å². The molecule has 0 aliphatic heterocycles. The first-order valence-corrected chi connectivity index (χ1v) is 11.9. The number of rotatable bonds is 12. The van der Waals surface area contributed by atoms with E-state index in [0.29, 0.717) is 6.42 Å². The van der Waals surface area contributed by atoms with Crippen molar-refractivity contribution in [2.45, 2.75) is 57.0 Å². The van der Waals surface area contributed by atoms with Gasteiger partial charge in [-0.3, -0.25) is 9.59 Å². The highest BCUT2D eigenvalue weighted by molar-refractivity contribution is 5.90. The Morgan fingerprint density at radius 3 is 2.20 bits per heavy atom. The van der Waals surface area contributed by atoms with Crippen molar-refractivity contribution in [2.24, 2.45) is 0 Å². The number of ether oxygens (including phenoxy) is 2. The average molecular weight is 483 g/mol. The molecule has 2 amide bonds. The number of hydrogen-bond acceptors (Lipinski definition) is 5. The minimum absolute atomic E-state index is 0.101. The molecule has 3 N–H and O–H groups in total.